The van der Waals surface area contributed by atoms with Gasteiger partial charge >= 0.3 is 0 Å². The molecule has 5 N–H and O–H groups in total. The van der Waals surface area contributed by atoms with Gasteiger partial charge in [-0.2, -0.15) is 0 Å². The van der Waals surface area contributed by atoms with Crippen LogP contribution < -0.4 is 16.4 Å². The van der Waals surface area contributed by atoms with Crippen LogP contribution in [0.5, 0.6) is 0 Å². The zero-order valence-corrected chi connectivity index (χ0v) is 19.7. The van der Waals surface area contributed by atoms with Gasteiger partial charge in [0.05, 0.1) is 19.3 Å². The van der Waals surface area contributed by atoms with Gasteiger partial charge in [-0.05, 0) is 50.7 Å². The van der Waals surface area contributed by atoms with Crippen molar-refractivity contribution in [2.75, 3.05) is 35.3 Å². The average Bonchev–Trinajstić information content (AvgIpc) is 3.52. The fraction of sp³-hybridized carbons (Fsp3) is 0.565. The van der Waals surface area contributed by atoms with Crippen molar-refractivity contribution in [2.45, 2.75) is 68.8 Å². The number of aromatic nitrogens is 2. The summed E-state index contributed by atoms with van der Waals surface area (Å²) in [6.07, 6.45) is 6.55. The SMILES string of the molecule is CCCSc1nc(NC2CC2)c(N)c(NC2CCC(OCCO)C2)n1.Fc1ccccc1F. The molecule has 0 radical (unpaired) electrons. The molecule has 0 saturated heterocycles. The summed E-state index contributed by atoms with van der Waals surface area (Å²) in [5.74, 6) is 0.876. The second-order valence-corrected chi connectivity index (χ2v) is 9.23. The quantitative estimate of drug-likeness (QED) is 0.292. The number of rotatable bonds is 10. The Morgan fingerprint density at radius 3 is 2.21 bits per heavy atom. The number of aliphatic hydroxyl groups excluding tert-OH is 1. The molecule has 2 aliphatic carbocycles. The minimum atomic E-state index is -0.799. The molecule has 2 unspecified atom stereocenters. The summed E-state index contributed by atoms with van der Waals surface area (Å²) in [6, 6.07) is 5.83. The van der Waals surface area contributed by atoms with Crippen molar-refractivity contribution < 1.29 is 18.6 Å². The summed E-state index contributed by atoms with van der Waals surface area (Å²) in [4.78, 5) is 9.25. The molecule has 2 saturated carbocycles. The molecule has 0 aliphatic heterocycles. The van der Waals surface area contributed by atoms with Crippen LogP contribution in [-0.2, 0) is 4.74 Å². The van der Waals surface area contributed by atoms with Crippen molar-refractivity contribution in [3.05, 3.63) is 35.9 Å². The van der Waals surface area contributed by atoms with E-state index in [9.17, 15) is 8.78 Å². The number of nitrogens with one attached hydrogen (secondary N) is 2. The molecule has 10 heteroatoms. The van der Waals surface area contributed by atoms with E-state index in [0.717, 1.165) is 60.4 Å². The third-order valence-electron chi connectivity index (χ3n) is 5.27. The molecule has 182 valence electrons. The zero-order valence-electron chi connectivity index (χ0n) is 18.9. The van der Waals surface area contributed by atoms with E-state index in [1.165, 1.54) is 25.0 Å². The minimum Gasteiger partial charge on any atom is -0.394 e. The third-order valence-corrected chi connectivity index (χ3v) is 6.33. The van der Waals surface area contributed by atoms with Gasteiger partial charge < -0.3 is 26.2 Å². The molecular weight excluding hydrogens is 448 g/mol. The maximum Gasteiger partial charge on any atom is 0.191 e. The first-order valence-corrected chi connectivity index (χ1v) is 12.4. The highest BCUT2D eigenvalue weighted by atomic mass is 32.2. The molecule has 1 heterocycles. The highest BCUT2D eigenvalue weighted by Gasteiger charge is 2.28. The standard InChI is InChI=1S/C17H29N5O2S.C6H4F2/c1-2-9-25-17-21-15(19-11-3-4-11)14(18)16(22-17)20-12-5-6-13(10-12)24-8-7-23;7-5-3-1-2-4-6(5)8/h11-13,23H,2-10,18H2,1H3,(H2,19,20,21,22);1-4H. The van der Waals surface area contributed by atoms with Gasteiger partial charge in [0.1, 0.15) is 5.69 Å². The maximum atomic E-state index is 11.9. The van der Waals surface area contributed by atoms with Gasteiger partial charge in [0, 0.05) is 17.8 Å². The van der Waals surface area contributed by atoms with E-state index in [0.29, 0.717) is 24.4 Å². The Bertz CT molecular complexity index is 867. The molecule has 33 heavy (non-hydrogen) atoms. The van der Waals surface area contributed by atoms with Gasteiger partial charge in [-0.15, -0.1) is 0 Å². The van der Waals surface area contributed by atoms with Crippen molar-refractivity contribution in [1.29, 1.82) is 0 Å². The summed E-state index contributed by atoms with van der Waals surface area (Å²) in [5.41, 5.74) is 6.93. The largest absolute Gasteiger partial charge is 0.394 e. The second-order valence-electron chi connectivity index (χ2n) is 8.17. The Morgan fingerprint density at radius 1 is 1.06 bits per heavy atom. The van der Waals surface area contributed by atoms with Crippen LogP contribution in [0, 0.1) is 11.6 Å². The third kappa shape index (κ3) is 8.28. The highest BCUT2D eigenvalue weighted by Crippen LogP contribution is 2.34. The maximum absolute atomic E-state index is 11.9. The van der Waals surface area contributed by atoms with Gasteiger partial charge in [0.15, 0.2) is 28.4 Å². The smallest absolute Gasteiger partial charge is 0.191 e. The number of anilines is 3. The van der Waals surface area contributed by atoms with Gasteiger partial charge in [-0.25, -0.2) is 18.7 Å². The second kappa shape index (κ2) is 12.9. The molecule has 2 fully saturated rings. The van der Waals surface area contributed by atoms with Crippen LogP contribution in [0.15, 0.2) is 29.4 Å². The average molecular weight is 482 g/mol. The van der Waals surface area contributed by atoms with Crippen LogP contribution in [-0.4, -0.2) is 52.2 Å². The zero-order chi connectivity index (χ0) is 23.6. The molecule has 1 aromatic heterocycles. The summed E-state index contributed by atoms with van der Waals surface area (Å²) in [7, 11) is 0. The van der Waals surface area contributed by atoms with Crippen molar-refractivity contribution in [1.82, 2.24) is 9.97 Å². The lowest BCUT2D eigenvalue weighted by Crippen LogP contribution is -2.21. The number of thioether (sulfide) groups is 1. The number of nitrogens with two attached hydrogens (primary N) is 1. The number of ether oxygens (including phenoxy) is 1. The summed E-state index contributed by atoms with van der Waals surface area (Å²) >= 11 is 1.66. The van der Waals surface area contributed by atoms with Gasteiger partial charge in [-0.1, -0.05) is 30.8 Å². The van der Waals surface area contributed by atoms with E-state index in [2.05, 4.69) is 27.5 Å². The van der Waals surface area contributed by atoms with Gasteiger partial charge in [-0.3, -0.25) is 0 Å². The lowest BCUT2D eigenvalue weighted by molar-refractivity contribution is 0.0326. The van der Waals surface area contributed by atoms with Crippen LogP contribution in [0.25, 0.3) is 0 Å². The lowest BCUT2D eigenvalue weighted by atomic mass is 10.2. The van der Waals surface area contributed by atoms with Crippen molar-refractivity contribution >= 4 is 29.1 Å². The Hall–Kier alpha value is -2.17. The first kappa shape index (κ1) is 25.5. The van der Waals surface area contributed by atoms with Crippen LogP contribution in [0.4, 0.5) is 26.1 Å². The Balaban J connectivity index is 0.000000323. The molecule has 0 bridgehead atoms. The van der Waals surface area contributed by atoms with Gasteiger partial charge in [0.2, 0.25) is 0 Å². The Kier molecular flexibility index (Phi) is 9.95. The molecular formula is C23H33F2N5O2S. The van der Waals surface area contributed by atoms with E-state index >= 15 is 0 Å². The molecule has 0 spiro atoms. The van der Waals surface area contributed by atoms with E-state index in [1.807, 2.05) is 0 Å². The monoisotopic (exact) mass is 481 g/mol. The predicted octanol–water partition coefficient (Wildman–Crippen LogP) is 4.44. The summed E-state index contributed by atoms with van der Waals surface area (Å²) in [6.45, 7) is 2.62. The number of halogens is 2. The lowest BCUT2D eigenvalue weighted by Gasteiger charge is -2.18. The van der Waals surface area contributed by atoms with E-state index < -0.39 is 11.6 Å². The van der Waals surface area contributed by atoms with Crippen molar-refractivity contribution in [2.24, 2.45) is 0 Å². The molecule has 7 nitrogen and oxygen atoms in total. The van der Waals surface area contributed by atoms with Gasteiger partial charge in [0.25, 0.3) is 0 Å². The number of aliphatic hydroxyl groups is 1. The van der Waals surface area contributed by atoms with Crippen molar-refractivity contribution in [3.8, 4) is 0 Å². The minimum absolute atomic E-state index is 0.0711. The Morgan fingerprint density at radius 2 is 1.67 bits per heavy atom. The van der Waals surface area contributed by atoms with Crippen LogP contribution in [0.1, 0.15) is 45.4 Å². The number of benzene rings is 1. The molecule has 1 aromatic carbocycles. The summed E-state index contributed by atoms with van der Waals surface area (Å²) < 4.78 is 29.5. The molecule has 4 rings (SSSR count). The molecule has 2 aromatic rings. The first-order valence-electron chi connectivity index (χ1n) is 11.5. The molecule has 2 atom stereocenters. The number of nitrogen functional groups attached to an aromatic ring is 1. The van der Waals surface area contributed by atoms with Crippen LogP contribution in [0.2, 0.25) is 0 Å². The fourth-order valence-corrected chi connectivity index (χ4v) is 4.12. The topological polar surface area (TPSA) is 105 Å². The van der Waals surface area contributed by atoms with E-state index in [4.69, 9.17) is 15.6 Å². The van der Waals surface area contributed by atoms with E-state index in [-0.39, 0.29) is 12.7 Å². The highest BCUT2D eigenvalue weighted by molar-refractivity contribution is 7.99. The van der Waals surface area contributed by atoms with Crippen molar-refractivity contribution in [3.63, 3.8) is 0 Å². The number of nitrogens with zero attached hydrogens (tertiary/aromatic N) is 2. The Labute approximate surface area is 197 Å². The summed E-state index contributed by atoms with van der Waals surface area (Å²) in [5, 5.41) is 16.6. The van der Waals surface area contributed by atoms with Crippen LogP contribution in [0.3, 0.4) is 0 Å². The molecule has 0 amide bonds. The first-order chi connectivity index (χ1) is 16.0. The number of hydrogen-bond acceptors (Lipinski definition) is 8. The fourth-order valence-electron chi connectivity index (χ4n) is 3.42. The predicted molar refractivity (Wildman–Crippen MR) is 129 cm³/mol. The van der Waals surface area contributed by atoms with E-state index in [1.54, 1.807) is 11.8 Å². The van der Waals surface area contributed by atoms with Crippen LogP contribution >= 0.6 is 11.8 Å². The normalized spacial score (nSPS) is 19.6. The molecule has 2 aliphatic rings. The number of hydrogen-bond donors (Lipinski definition) is 4.